The molecule has 1 amide bonds. The predicted octanol–water partition coefficient (Wildman–Crippen LogP) is 4.44. The molecule has 0 aliphatic heterocycles. The average Bonchev–Trinajstić information content (AvgIpc) is 3.36. The van der Waals surface area contributed by atoms with Gasteiger partial charge in [-0.15, -0.1) is 0 Å². The maximum absolute atomic E-state index is 14.9. The van der Waals surface area contributed by atoms with Crippen LogP contribution in [0.15, 0.2) is 48.9 Å². The van der Waals surface area contributed by atoms with Crippen LogP contribution in [0.1, 0.15) is 19.8 Å². The number of H-pyrrole nitrogens is 2. The number of anilines is 1. The highest BCUT2D eigenvalue weighted by molar-refractivity contribution is 5.96. The fourth-order valence-electron chi connectivity index (χ4n) is 3.50. The zero-order valence-corrected chi connectivity index (χ0v) is 16.6. The molecule has 0 fully saturated rings. The number of hydrogen-bond acceptors (Lipinski definition) is 5. The zero-order chi connectivity index (χ0) is 21.4. The van der Waals surface area contributed by atoms with E-state index in [4.69, 9.17) is 0 Å². The minimum atomic E-state index is -0.423. The van der Waals surface area contributed by atoms with Crippen molar-refractivity contribution in [1.82, 2.24) is 30.1 Å². The van der Waals surface area contributed by atoms with E-state index in [0.717, 1.165) is 11.9 Å². The maximum atomic E-state index is 14.9. The van der Waals surface area contributed by atoms with Gasteiger partial charge in [-0.05, 0) is 30.7 Å². The Balaban J connectivity index is 1.58. The second kappa shape index (κ2) is 7.60. The van der Waals surface area contributed by atoms with E-state index >= 15 is 0 Å². The van der Waals surface area contributed by atoms with Crippen LogP contribution >= 0.6 is 0 Å². The van der Waals surface area contributed by atoms with E-state index in [0.29, 0.717) is 51.3 Å². The minimum Gasteiger partial charge on any atom is -0.335 e. The molecule has 3 N–H and O–H groups in total. The quantitative estimate of drug-likeness (QED) is 0.393. The second-order valence-electron chi connectivity index (χ2n) is 7.17. The molecule has 8 nitrogen and oxygen atoms in total. The van der Waals surface area contributed by atoms with E-state index in [-0.39, 0.29) is 5.91 Å². The molecule has 5 rings (SSSR count). The van der Waals surface area contributed by atoms with Crippen molar-refractivity contribution < 1.29 is 9.18 Å². The molecule has 0 saturated carbocycles. The molecular formula is C22H18FN7O. The Morgan fingerprint density at radius 1 is 1.19 bits per heavy atom. The van der Waals surface area contributed by atoms with Gasteiger partial charge in [-0.25, -0.2) is 14.4 Å². The van der Waals surface area contributed by atoms with Gasteiger partial charge in [0.25, 0.3) is 0 Å². The Bertz CT molecular complexity index is 1390. The third-order valence-electron chi connectivity index (χ3n) is 4.94. The highest BCUT2D eigenvalue weighted by atomic mass is 19.1. The molecule has 0 radical (unpaired) electrons. The summed E-state index contributed by atoms with van der Waals surface area (Å²) in [6.07, 6.45) is 5.92. The highest BCUT2D eigenvalue weighted by Gasteiger charge is 2.17. The summed E-state index contributed by atoms with van der Waals surface area (Å²) in [5.74, 6) is 0.0111. The number of carbonyl (C=O) groups excluding carboxylic acids is 1. The summed E-state index contributed by atoms with van der Waals surface area (Å²) in [6, 6.07) is 8.50. The number of nitrogens with zero attached hydrogens (tertiary/aromatic N) is 4. The van der Waals surface area contributed by atoms with Gasteiger partial charge in [-0.1, -0.05) is 6.92 Å². The largest absolute Gasteiger partial charge is 0.335 e. The summed E-state index contributed by atoms with van der Waals surface area (Å²) >= 11 is 0. The number of pyridine rings is 2. The molecule has 4 aromatic heterocycles. The Morgan fingerprint density at radius 3 is 2.94 bits per heavy atom. The summed E-state index contributed by atoms with van der Waals surface area (Å²) < 4.78 is 14.9. The number of halogens is 1. The first-order chi connectivity index (χ1) is 15.1. The number of carbonyl (C=O) groups is 1. The van der Waals surface area contributed by atoms with Crippen molar-refractivity contribution in [2.75, 3.05) is 5.32 Å². The molecule has 0 spiro atoms. The SMILES string of the molecule is CCCC(=O)Nc1cncc(-c2cc3c(-c4nc5ncccc5[nH]4)n[nH]c3cc2F)c1. The first-order valence-electron chi connectivity index (χ1n) is 9.86. The van der Waals surface area contributed by atoms with Gasteiger partial charge >= 0.3 is 0 Å². The van der Waals surface area contributed by atoms with Gasteiger partial charge in [0.05, 0.1) is 22.9 Å². The van der Waals surface area contributed by atoms with Crippen LogP contribution in [0.5, 0.6) is 0 Å². The van der Waals surface area contributed by atoms with Crippen molar-refractivity contribution in [3.05, 3.63) is 54.7 Å². The zero-order valence-electron chi connectivity index (χ0n) is 16.6. The molecule has 9 heteroatoms. The van der Waals surface area contributed by atoms with Crippen molar-refractivity contribution in [1.29, 1.82) is 0 Å². The molecular weight excluding hydrogens is 397 g/mol. The van der Waals surface area contributed by atoms with E-state index < -0.39 is 5.82 Å². The van der Waals surface area contributed by atoms with Gasteiger partial charge in [0.2, 0.25) is 5.91 Å². The third-order valence-corrected chi connectivity index (χ3v) is 4.94. The van der Waals surface area contributed by atoms with Crippen LogP contribution in [-0.4, -0.2) is 36.0 Å². The average molecular weight is 415 g/mol. The number of benzene rings is 1. The number of fused-ring (bicyclic) bond motifs is 2. The van der Waals surface area contributed by atoms with Crippen molar-refractivity contribution in [2.45, 2.75) is 19.8 Å². The molecule has 0 aliphatic carbocycles. The molecule has 0 atom stereocenters. The van der Waals surface area contributed by atoms with Crippen LogP contribution in [-0.2, 0) is 4.79 Å². The Labute approximate surface area is 176 Å². The molecule has 0 unspecified atom stereocenters. The number of nitrogens with one attached hydrogen (secondary N) is 3. The summed E-state index contributed by atoms with van der Waals surface area (Å²) in [4.78, 5) is 28.0. The number of hydrogen-bond donors (Lipinski definition) is 3. The van der Waals surface area contributed by atoms with Crippen LogP contribution < -0.4 is 5.32 Å². The smallest absolute Gasteiger partial charge is 0.224 e. The van der Waals surface area contributed by atoms with E-state index in [1.54, 1.807) is 24.5 Å². The number of imidazole rings is 1. The fraction of sp³-hybridized carbons (Fsp3) is 0.136. The van der Waals surface area contributed by atoms with Crippen molar-refractivity contribution in [3.8, 4) is 22.6 Å². The van der Waals surface area contributed by atoms with Crippen LogP contribution in [0.2, 0.25) is 0 Å². The molecule has 1 aromatic carbocycles. The predicted molar refractivity (Wildman–Crippen MR) is 116 cm³/mol. The van der Waals surface area contributed by atoms with Crippen molar-refractivity contribution in [3.63, 3.8) is 0 Å². The number of aromatic amines is 2. The van der Waals surface area contributed by atoms with Gasteiger partial charge in [0.15, 0.2) is 11.5 Å². The van der Waals surface area contributed by atoms with Crippen LogP contribution in [0.25, 0.3) is 44.7 Å². The van der Waals surface area contributed by atoms with Crippen LogP contribution in [0.4, 0.5) is 10.1 Å². The topological polar surface area (TPSA) is 112 Å². The van der Waals surface area contributed by atoms with Gasteiger partial charge in [-0.3, -0.25) is 14.9 Å². The lowest BCUT2D eigenvalue weighted by Crippen LogP contribution is -2.10. The molecule has 5 aromatic rings. The Morgan fingerprint density at radius 2 is 2.10 bits per heavy atom. The first-order valence-corrected chi connectivity index (χ1v) is 9.86. The lowest BCUT2D eigenvalue weighted by molar-refractivity contribution is -0.116. The van der Waals surface area contributed by atoms with E-state index in [2.05, 4.69) is 35.5 Å². The molecule has 154 valence electrons. The number of amides is 1. The van der Waals surface area contributed by atoms with Crippen molar-refractivity contribution >= 4 is 33.7 Å². The highest BCUT2D eigenvalue weighted by Crippen LogP contribution is 2.32. The Hall–Kier alpha value is -4.14. The van der Waals surface area contributed by atoms with Crippen LogP contribution in [0.3, 0.4) is 0 Å². The lowest BCUT2D eigenvalue weighted by Gasteiger charge is -2.08. The molecule has 0 aliphatic rings. The van der Waals surface area contributed by atoms with Gasteiger partial charge in [-0.2, -0.15) is 5.10 Å². The minimum absolute atomic E-state index is 0.104. The Kier molecular flexibility index (Phi) is 4.62. The van der Waals surface area contributed by atoms with Gasteiger partial charge < -0.3 is 10.3 Å². The monoisotopic (exact) mass is 415 g/mol. The first kappa shape index (κ1) is 18.9. The van der Waals surface area contributed by atoms with E-state index in [1.807, 2.05) is 19.1 Å². The molecule has 31 heavy (non-hydrogen) atoms. The molecule has 0 bridgehead atoms. The second-order valence-corrected chi connectivity index (χ2v) is 7.17. The summed E-state index contributed by atoms with van der Waals surface area (Å²) in [7, 11) is 0. The molecule has 0 saturated heterocycles. The molecule has 4 heterocycles. The van der Waals surface area contributed by atoms with E-state index in [9.17, 15) is 9.18 Å². The fourth-order valence-corrected chi connectivity index (χ4v) is 3.50. The lowest BCUT2D eigenvalue weighted by atomic mass is 10.0. The number of rotatable bonds is 5. The van der Waals surface area contributed by atoms with E-state index in [1.165, 1.54) is 12.3 Å². The standard InChI is InChI=1S/C22H18FN7O/c1-2-4-19(31)26-13-7-12(10-24-11-13)14-8-15-18(9-16(14)23)29-30-20(15)22-27-17-5-3-6-25-21(17)28-22/h3,5-11H,2,4H2,1H3,(H,26,31)(H,29,30)(H,25,27,28). The third kappa shape index (κ3) is 3.50. The summed E-state index contributed by atoms with van der Waals surface area (Å²) in [6.45, 7) is 1.93. The van der Waals surface area contributed by atoms with Crippen molar-refractivity contribution in [2.24, 2.45) is 0 Å². The normalized spacial score (nSPS) is 11.3. The number of aromatic nitrogens is 6. The van der Waals surface area contributed by atoms with Crippen LogP contribution in [0, 0.1) is 5.82 Å². The summed E-state index contributed by atoms with van der Waals surface area (Å²) in [5.41, 5.74) is 3.90. The van der Waals surface area contributed by atoms with Gasteiger partial charge in [0.1, 0.15) is 11.5 Å². The van der Waals surface area contributed by atoms with Gasteiger partial charge in [0, 0.05) is 41.4 Å². The maximum Gasteiger partial charge on any atom is 0.224 e. The summed E-state index contributed by atoms with van der Waals surface area (Å²) in [5, 5.41) is 10.7.